The molecule has 152 valence electrons. The second-order valence-corrected chi connectivity index (χ2v) is 6.58. The summed E-state index contributed by atoms with van der Waals surface area (Å²) < 4.78 is 0. The molecule has 1 aromatic carbocycles. The lowest BCUT2D eigenvalue weighted by Gasteiger charge is -2.36. The van der Waals surface area contributed by atoms with Crippen molar-refractivity contribution in [2.45, 2.75) is 6.04 Å². The van der Waals surface area contributed by atoms with Gasteiger partial charge < -0.3 is 25.4 Å². The largest absolute Gasteiger partial charge is 0.480 e. The standard InChI is InChI=1S/C19H20N4O6/c24-11-22-5-7-23(8-6-22)18(19(28)29)14-10-20-15-9-12(1-2-13(14)15)21-16(25)3-4-17(26)27/h1-4,9-11,18,20H,5-8H2,(H,21,25)(H,26,27)(H,28,29)/b4-3+/t18-/m1/s1. The maximum atomic E-state index is 12.0. The van der Waals surface area contributed by atoms with Crippen LogP contribution in [0.4, 0.5) is 5.69 Å². The van der Waals surface area contributed by atoms with Crippen LogP contribution in [-0.4, -0.2) is 75.4 Å². The molecular formula is C19H20N4O6. The van der Waals surface area contributed by atoms with E-state index in [2.05, 4.69) is 10.3 Å². The van der Waals surface area contributed by atoms with Gasteiger partial charge in [0.05, 0.1) is 0 Å². The fourth-order valence-electron chi connectivity index (χ4n) is 3.37. The van der Waals surface area contributed by atoms with Crippen LogP contribution in [0.1, 0.15) is 11.6 Å². The highest BCUT2D eigenvalue weighted by atomic mass is 16.4. The molecule has 10 heteroatoms. The number of anilines is 1. The van der Waals surface area contributed by atoms with Crippen LogP contribution in [0.2, 0.25) is 0 Å². The van der Waals surface area contributed by atoms with Gasteiger partial charge in [0.15, 0.2) is 0 Å². The molecule has 1 aliphatic heterocycles. The summed E-state index contributed by atoms with van der Waals surface area (Å²) in [5.74, 6) is -2.80. The average molecular weight is 400 g/mol. The number of rotatable bonds is 7. The number of aliphatic carboxylic acids is 2. The van der Waals surface area contributed by atoms with Gasteiger partial charge >= 0.3 is 11.9 Å². The smallest absolute Gasteiger partial charge is 0.328 e. The van der Waals surface area contributed by atoms with E-state index in [-0.39, 0.29) is 0 Å². The SMILES string of the molecule is O=CN1CCN([C@@H](C(=O)O)c2c[nH]c3cc(NC(=O)/C=C/C(=O)O)ccc23)CC1. The average Bonchev–Trinajstić information content (AvgIpc) is 3.09. The minimum Gasteiger partial charge on any atom is -0.480 e. The van der Waals surface area contributed by atoms with Gasteiger partial charge in [0.2, 0.25) is 12.3 Å². The molecule has 0 radical (unpaired) electrons. The number of aromatic amines is 1. The molecule has 1 aliphatic rings. The number of nitrogens with zero attached hydrogens (tertiary/aromatic N) is 2. The molecule has 1 fully saturated rings. The molecule has 2 amide bonds. The number of aromatic nitrogens is 1. The summed E-state index contributed by atoms with van der Waals surface area (Å²) in [5, 5.41) is 21.6. The fourth-order valence-corrected chi connectivity index (χ4v) is 3.37. The number of carboxylic acid groups (broad SMARTS) is 2. The van der Waals surface area contributed by atoms with Crippen molar-refractivity contribution < 1.29 is 29.4 Å². The molecule has 0 saturated carbocycles. The Balaban J connectivity index is 1.82. The Kier molecular flexibility index (Phi) is 5.93. The molecule has 0 spiro atoms. The van der Waals surface area contributed by atoms with Crippen molar-refractivity contribution in [3.05, 3.63) is 42.1 Å². The molecular weight excluding hydrogens is 380 g/mol. The first kappa shape index (κ1) is 20.1. The van der Waals surface area contributed by atoms with Crippen LogP contribution in [0.3, 0.4) is 0 Å². The highest BCUT2D eigenvalue weighted by Crippen LogP contribution is 2.31. The maximum absolute atomic E-state index is 12.0. The van der Waals surface area contributed by atoms with E-state index in [0.717, 1.165) is 18.6 Å². The number of carbonyl (C=O) groups is 4. The summed E-state index contributed by atoms with van der Waals surface area (Å²) in [6.07, 6.45) is 4.04. The number of benzene rings is 1. The van der Waals surface area contributed by atoms with Crippen molar-refractivity contribution in [2.75, 3.05) is 31.5 Å². The molecule has 0 bridgehead atoms. The number of carboxylic acids is 2. The maximum Gasteiger partial charge on any atom is 0.328 e. The molecule has 1 saturated heterocycles. The molecule has 10 nitrogen and oxygen atoms in total. The topological polar surface area (TPSA) is 143 Å². The van der Waals surface area contributed by atoms with E-state index >= 15 is 0 Å². The lowest BCUT2D eigenvalue weighted by molar-refractivity contribution is -0.144. The summed E-state index contributed by atoms with van der Waals surface area (Å²) in [6.45, 7) is 1.84. The van der Waals surface area contributed by atoms with Gasteiger partial charge in [-0.15, -0.1) is 0 Å². The van der Waals surface area contributed by atoms with Crippen molar-refractivity contribution in [1.29, 1.82) is 0 Å². The van der Waals surface area contributed by atoms with Gasteiger partial charge in [-0.1, -0.05) is 6.07 Å². The van der Waals surface area contributed by atoms with E-state index in [1.807, 2.05) is 4.90 Å². The lowest BCUT2D eigenvalue weighted by atomic mass is 10.0. The molecule has 0 unspecified atom stereocenters. The first-order chi connectivity index (χ1) is 13.9. The van der Waals surface area contributed by atoms with Crippen LogP contribution < -0.4 is 5.32 Å². The molecule has 2 heterocycles. The van der Waals surface area contributed by atoms with Crippen LogP contribution in [0.15, 0.2) is 36.5 Å². The number of nitrogens with one attached hydrogen (secondary N) is 2. The normalized spacial score (nSPS) is 16.1. The van der Waals surface area contributed by atoms with Gasteiger partial charge in [0.25, 0.3) is 0 Å². The Morgan fingerprint density at radius 1 is 1.10 bits per heavy atom. The van der Waals surface area contributed by atoms with E-state index < -0.39 is 23.9 Å². The third-order valence-corrected chi connectivity index (χ3v) is 4.75. The summed E-state index contributed by atoms with van der Waals surface area (Å²) in [4.78, 5) is 51.5. The highest BCUT2D eigenvalue weighted by molar-refractivity contribution is 6.03. The van der Waals surface area contributed by atoms with Crippen molar-refractivity contribution in [1.82, 2.24) is 14.8 Å². The minimum atomic E-state index is -1.22. The van der Waals surface area contributed by atoms with E-state index in [0.29, 0.717) is 48.3 Å². The molecule has 2 aromatic rings. The van der Waals surface area contributed by atoms with Crippen LogP contribution in [0.25, 0.3) is 10.9 Å². The summed E-state index contributed by atoms with van der Waals surface area (Å²) >= 11 is 0. The number of H-pyrrole nitrogens is 1. The van der Waals surface area contributed by atoms with Crippen molar-refractivity contribution in [3.8, 4) is 0 Å². The molecule has 4 N–H and O–H groups in total. The predicted molar refractivity (Wildman–Crippen MR) is 103 cm³/mol. The summed E-state index contributed by atoms with van der Waals surface area (Å²) in [6, 6.07) is 4.11. The minimum absolute atomic E-state index is 0.442. The number of carbonyl (C=O) groups excluding carboxylic acids is 2. The number of fused-ring (bicyclic) bond motifs is 1. The lowest BCUT2D eigenvalue weighted by Crippen LogP contribution is -2.48. The van der Waals surface area contributed by atoms with Crippen LogP contribution in [-0.2, 0) is 19.2 Å². The second kappa shape index (κ2) is 8.57. The molecule has 0 aliphatic carbocycles. The quantitative estimate of drug-likeness (QED) is 0.395. The number of piperazine rings is 1. The zero-order valence-corrected chi connectivity index (χ0v) is 15.4. The van der Waals surface area contributed by atoms with E-state index in [4.69, 9.17) is 5.11 Å². The van der Waals surface area contributed by atoms with Crippen molar-refractivity contribution >= 4 is 40.8 Å². The zero-order valence-electron chi connectivity index (χ0n) is 15.4. The van der Waals surface area contributed by atoms with Gasteiger partial charge in [-0.3, -0.25) is 19.3 Å². The third kappa shape index (κ3) is 4.61. The predicted octanol–water partition coefficient (Wildman–Crippen LogP) is 0.647. The number of hydrogen-bond donors (Lipinski definition) is 4. The van der Waals surface area contributed by atoms with Crippen LogP contribution in [0, 0.1) is 0 Å². The van der Waals surface area contributed by atoms with Gasteiger partial charge in [0, 0.05) is 66.7 Å². The fraction of sp³-hybridized carbons (Fsp3) is 0.263. The Morgan fingerprint density at radius 3 is 2.45 bits per heavy atom. The zero-order chi connectivity index (χ0) is 21.0. The van der Waals surface area contributed by atoms with E-state index in [9.17, 15) is 24.3 Å². The van der Waals surface area contributed by atoms with E-state index in [1.54, 1.807) is 29.3 Å². The second-order valence-electron chi connectivity index (χ2n) is 6.58. The first-order valence-corrected chi connectivity index (χ1v) is 8.88. The van der Waals surface area contributed by atoms with Gasteiger partial charge in [-0.05, 0) is 12.1 Å². The third-order valence-electron chi connectivity index (χ3n) is 4.75. The number of amides is 2. The Hall–Kier alpha value is -3.66. The molecule has 1 atom stereocenters. The summed E-state index contributed by atoms with van der Waals surface area (Å²) in [5.41, 5.74) is 1.67. The summed E-state index contributed by atoms with van der Waals surface area (Å²) in [7, 11) is 0. The van der Waals surface area contributed by atoms with E-state index in [1.165, 1.54) is 0 Å². The Labute approximate surface area is 165 Å². The Bertz CT molecular complexity index is 974. The van der Waals surface area contributed by atoms with Crippen LogP contribution >= 0.6 is 0 Å². The number of hydrogen-bond acceptors (Lipinski definition) is 5. The Morgan fingerprint density at radius 2 is 1.83 bits per heavy atom. The monoisotopic (exact) mass is 400 g/mol. The van der Waals surface area contributed by atoms with Gasteiger partial charge in [0.1, 0.15) is 6.04 Å². The van der Waals surface area contributed by atoms with Gasteiger partial charge in [-0.25, -0.2) is 4.79 Å². The molecule has 3 rings (SSSR count). The van der Waals surface area contributed by atoms with Gasteiger partial charge in [-0.2, -0.15) is 0 Å². The van der Waals surface area contributed by atoms with Crippen molar-refractivity contribution in [2.24, 2.45) is 0 Å². The van der Waals surface area contributed by atoms with Crippen LogP contribution in [0.5, 0.6) is 0 Å². The first-order valence-electron chi connectivity index (χ1n) is 8.88. The van der Waals surface area contributed by atoms with Crippen molar-refractivity contribution in [3.63, 3.8) is 0 Å². The molecule has 1 aromatic heterocycles. The highest BCUT2D eigenvalue weighted by Gasteiger charge is 2.31. The molecule has 29 heavy (non-hydrogen) atoms.